The van der Waals surface area contributed by atoms with Gasteiger partial charge < -0.3 is 4.57 Å². The summed E-state index contributed by atoms with van der Waals surface area (Å²) in [6, 6.07) is 17.9. The van der Waals surface area contributed by atoms with E-state index in [4.69, 9.17) is 0 Å². The van der Waals surface area contributed by atoms with E-state index in [1.54, 1.807) is 25.2 Å². The van der Waals surface area contributed by atoms with Gasteiger partial charge in [0, 0.05) is 12.7 Å². The predicted molar refractivity (Wildman–Crippen MR) is 102 cm³/mol. The van der Waals surface area contributed by atoms with Crippen LogP contribution in [-0.2, 0) is 17.1 Å². The van der Waals surface area contributed by atoms with Crippen molar-refractivity contribution in [1.82, 2.24) is 4.57 Å². The third-order valence-electron chi connectivity index (χ3n) is 4.08. The van der Waals surface area contributed by atoms with Crippen LogP contribution >= 0.6 is 11.3 Å². The van der Waals surface area contributed by atoms with E-state index in [0.717, 1.165) is 27.6 Å². The van der Waals surface area contributed by atoms with Crippen molar-refractivity contribution >= 4 is 48.0 Å². The van der Waals surface area contributed by atoms with Gasteiger partial charge in [0.2, 0.25) is 0 Å². The van der Waals surface area contributed by atoms with Crippen LogP contribution in [-0.4, -0.2) is 13.0 Å². The van der Waals surface area contributed by atoms with Crippen LogP contribution in [0.25, 0.3) is 21.0 Å². The minimum atomic E-state index is -3.73. The van der Waals surface area contributed by atoms with Crippen molar-refractivity contribution in [2.45, 2.75) is 4.90 Å². The third kappa shape index (κ3) is 2.81. The number of aryl methyl sites for hydroxylation is 1. The highest BCUT2D eigenvalue weighted by atomic mass is 32.2. The summed E-state index contributed by atoms with van der Waals surface area (Å²) in [4.78, 5) is 11.7. The Labute approximate surface area is 148 Å². The fraction of sp³-hybridized carbons (Fsp3) is 0.0556. The second kappa shape index (κ2) is 5.72. The molecule has 0 spiro atoms. The Hall–Kier alpha value is -2.64. The SMILES string of the molecule is Cn1c(=O)sc2cc(S(=O)(=O)Nc3ccc4ccccc4c3)ccc21. The predicted octanol–water partition coefficient (Wildman–Crippen LogP) is 3.55. The standard InChI is InChI=1S/C18H14N2O3S2/c1-20-16-9-8-15(11-17(16)24-18(20)21)25(22,23)19-14-7-6-12-4-2-3-5-13(12)10-14/h2-11,19H,1H3. The number of benzene rings is 3. The lowest BCUT2D eigenvalue weighted by molar-refractivity contribution is 0.601. The molecule has 4 aromatic rings. The number of sulfonamides is 1. The third-order valence-corrected chi connectivity index (χ3v) is 6.45. The van der Waals surface area contributed by atoms with E-state index in [1.165, 1.54) is 16.7 Å². The van der Waals surface area contributed by atoms with E-state index in [2.05, 4.69) is 4.72 Å². The minimum Gasteiger partial charge on any atom is -0.302 e. The van der Waals surface area contributed by atoms with Gasteiger partial charge in [-0.3, -0.25) is 9.52 Å². The molecular formula is C18H14N2O3S2. The van der Waals surface area contributed by atoms with Gasteiger partial charge in [0.15, 0.2) is 0 Å². The minimum absolute atomic E-state index is 0.118. The van der Waals surface area contributed by atoms with Crippen molar-refractivity contribution < 1.29 is 8.42 Å². The number of hydrogen-bond acceptors (Lipinski definition) is 4. The van der Waals surface area contributed by atoms with Crippen LogP contribution in [0.15, 0.2) is 70.4 Å². The number of hydrogen-bond donors (Lipinski definition) is 1. The number of fused-ring (bicyclic) bond motifs is 2. The van der Waals surface area contributed by atoms with E-state index < -0.39 is 10.0 Å². The second-order valence-corrected chi connectivity index (χ2v) is 8.40. The maximum atomic E-state index is 12.7. The van der Waals surface area contributed by atoms with Gasteiger partial charge in [-0.15, -0.1) is 0 Å². The van der Waals surface area contributed by atoms with Crippen LogP contribution < -0.4 is 9.60 Å². The van der Waals surface area contributed by atoms with Gasteiger partial charge >= 0.3 is 4.87 Å². The summed E-state index contributed by atoms with van der Waals surface area (Å²) in [5.41, 5.74) is 1.22. The summed E-state index contributed by atoms with van der Waals surface area (Å²) in [5.74, 6) is 0. The zero-order chi connectivity index (χ0) is 17.6. The number of aromatic nitrogens is 1. The lowest BCUT2D eigenvalue weighted by Gasteiger charge is -2.09. The molecule has 3 aromatic carbocycles. The highest BCUT2D eigenvalue weighted by Crippen LogP contribution is 2.24. The summed E-state index contributed by atoms with van der Waals surface area (Å²) in [5, 5.41) is 2.00. The molecule has 4 rings (SSSR count). The van der Waals surface area contributed by atoms with Gasteiger partial charge in [-0.1, -0.05) is 41.7 Å². The lowest BCUT2D eigenvalue weighted by atomic mass is 10.1. The highest BCUT2D eigenvalue weighted by molar-refractivity contribution is 7.92. The molecule has 0 atom stereocenters. The molecule has 0 saturated carbocycles. The number of anilines is 1. The molecule has 5 nitrogen and oxygen atoms in total. The van der Waals surface area contributed by atoms with Gasteiger partial charge in [-0.25, -0.2) is 8.42 Å². The Morgan fingerprint density at radius 3 is 2.52 bits per heavy atom. The number of rotatable bonds is 3. The van der Waals surface area contributed by atoms with Crippen LogP contribution in [0.2, 0.25) is 0 Å². The molecule has 126 valence electrons. The first-order valence-corrected chi connectivity index (χ1v) is 9.85. The van der Waals surface area contributed by atoms with E-state index in [-0.39, 0.29) is 9.77 Å². The molecule has 7 heteroatoms. The zero-order valence-electron chi connectivity index (χ0n) is 13.3. The lowest BCUT2D eigenvalue weighted by Crippen LogP contribution is -2.12. The first kappa shape index (κ1) is 15.9. The number of thiazole rings is 1. The molecule has 0 aliphatic carbocycles. The average Bonchev–Trinajstić information content (AvgIpc) is 2.88. The molecule has 0 bridgehead atoms. The van der Waals surface area contributed by atoms with Crippen molar-refractivity contribution in [3.05, 3.63) is 70.3 Å². The summed E-state index contributed by atoms with van der Waals surface area (Å²) < 4.78 is 30.1. The first-order chi connectivity index (χ1) is 11.9. The molecule has 0 radical (unpaired) electrons. The van der Waals surface area contributed by atoms with Crippen LogP contribution in [0, 0.1) is 0 Å². The normalized spacial score (nSPS) is 11.9. The van der Waals surface area contributed by atoms with E-state index in [0.29, 0.717) is 10.4 Å². The van der Waals surface area contributed by atoms with E-state index in [1.807, 2.05) is 30.3 Å². The van der Waals surface area contributed by atoms with Gasteiger partial charge in [-0.05, 0) is 41.1 Å². The monoisotopic (exact) mass is 370 g/mol. The summed E-state index contributed by atoms with van der Waals surface area (Å²) in [7, 11) is -2.06. The van der Waals surface area contributed by atoms with Crippen LogP contribution in [0.1, 0.15) is 0 Å². The quantitative estimate of drug-likeness (QED) is 0.600. The van der Waals surface area contributed by atoms with Crippen LogP contribution in [0.4, 0.5) is 5.69 Å². The molecule has 0 aliphatic heterocycles. The Morgan fingerprint density at radius 1 is 0.960 bits per heavy atom. The topological polar surface area (TPSA) is 68.2 Å². The number of nitrogens with one attached hydrogen (secondary N) is 1. The average molecular weight is 370 g/mol. The summed E-state index contributed by atoms with van der Waals surface area (Å²) in [6.07, 6.45) is 0. The fourth-order valence-electron chi connectivity index (χ4n) is 2.75. The molecule has 0 amide bonds. The van der Waals surface area contributed by atoms with Crippen molar-refractivity contribution in [2.75, 3.05) is 4.72 Å². The smallest absolute Gasteiger partial charge is 0.302 e. The number of nitrogens with zero attached hydrogens (tertiary/aromatic N) is 1. The first-order valence-electron chi connectivity index (χ1n) is 7.55. The Balaban J connectivity index is 1.74. The summed E-state index contributed by atoms with van der Waals surface area (Å²) in [6.45, 7) is 0. The Bertz CT molecular complexity index is 1270. The Kier molecular flexibility index (Phi) is 3.63. The van der Waals surface area contributed by atoms with Crippen molar-refractivity contribution in [3.8, 4) is 0 Å². The fourth-order valence-corrected chi connectivity index (χ4v) is 4.82. The second-order valence-electron chi connectivity index (χ2n) is 5.72. The summed E-state index contributed by atoms with van der Waals surface area (Å²) >= 11 is 1.03. The van der Waals surface area contributed by atoms with E-state index in [9.17, 15) is 13.2 Å². The maximum absolute atomic E-state index is 12.7. The van der Waals surface area contributed by atoms with Gasteiger partial charge in [-0.2, -0.15) is 0 Å². The molecule has 1 heterocycles. The molecule has 1 aromatic heterocycles. The maximum Gasteiger partial charge on any atom is 0.307 e. The highest BCUT2D eigenvalue weighted by Gasteiger charge is 2.16. The van der Waals surface area contributed by atoms with Crippen molar-refractivity contribution in [1.29, 1.82) is 0 Å². The largest absolute Gasteiger partial charge is 0.307 e. The Morgan fingerprint density at radius 2 is 1.72 bits per heavy atom. The molecule has 25 heavy (non-hydrogen) atoms. The van der Waals surface area contributed by atoms with Crippen LogP contribution in [0.5, 0.6) is 0 Å². The molecular weight excluding hydrogens is 356 g/mol. The van der Waals surface area contributed by atoms with E-state index >= 15 is 0 Å². The molecule has 0 aliphatic rings. The van der Waals surface area contributed by atoms with Gasteiger partial charge in [0.1, 0.15) is 0 Å². The van der Waals surface area contributed by atoms with Gasteiger partial charge in [0.25, 0.3) is 10.0 Å². The molecule has 1 N–H and O–H groups in total. The van der Waals surface area contributed by atoms with Crippen LogP contribution in [0.3, 0.4) is 0 Å². The molecule has 0 saturated heterocycles. The van der Waals surface area contributed by atoms with Gasteiger partial charge in [0.05, 0.1) is 15.1 Å². The van der Waals surface area contributed by atoms with Crippen molar-refractivity contribution in [2.24, 2.45) is 7.05 Å². The zero-order valence-corrected chi connectivity index (χ0v) is 14.9. The molecule has 0 fully saturated rings. The van der Waals surface area contributed by atoms with Crippen molar-refractivity contribution in [3.63, 3.8) is 0 Å². The molecule has 0 unspecified atom stereocenters.